The number of nitrogens with zero attached hydrogens (tertiary/aromatic N) is 3. The fourth-order valence-electron chi connectivity index (χ4n) is 5.07. The molecule has 0 unspecified atom stereocenters. The van der Waals surface area contributed by atoms with Gasteiger partial charge in [0.25, 0.3) is 0 Å². The van der Waals surface area contributed by atoms with E-state index in [-0.39, 0.29) is 18.7 Å². The Hall–Kier alpha value is -3.86. The summed E-state index contributed by atoms with van der Waals surface area (Å²) in [7, 11) is 0. The van der Waals surface area contributed by atoms with E-state index >= 15 is 0 Å². The SMILES string of the molecule is C[C@@]1(C(=O)N2CCN(c3ccccc3)CC2)[C@@H](C(=O)NO)C[C@H](Oc2cccc(F)c2)CN1C(=O)O. The number of likely N-dealkylation sites (tertiary alicyclic amines) is 1. The fourth-order valence-corrected chi connectivity index (χ4v) is 5.07. The van der Waals surface area contributed by atoms with E-state index in [9.17, 15) is 29.1 Å². The van der Waals surface area contributed by atoms with Crippen LogP contribution in [0.15, 0.2) is 54.6 Å². The van der Waals surface area contributed by atoms with Crippen molar-refractivity contribution in [3.05, 3.63) is 60.4 Å². The number of halogens is 1. The summed E-state index contributed by atoms with van der Waals surface area (Å²) in [5.41, 5.74) is 0.817. The van der Waals surface area contributed by atoms with Crippen LogP contribution in [0, 0.1) is 11.7 Å². The maximum Gasteiger partial charge on any atom is 0.408 e. The van der Waals surface area contributed by atoms with Crippen LogP contribution in [0.2, 0.25) is 0 Å². The van der Waals surface area contributed by atoms with Crippen molar-refractivity contribution in [2.45, 2.75) is 25.0 Å². The Kier molecular flexibility index (Phi) is 7.30. The molecule has 2 aliphatic rings. The van der Waals surface area contributed by atoms with Gasteiger partial charge in [-0.05, 0) is 31.2 Å². The van der Waals surface area contributed by atoms with Crippen LogP contribution >= 0.6 is 0 Å². The van der Waals surface area contributed by atoms with E-state index in [0.717, 1.165) is 16.7 Å². The molecule has 4 rings (SSSR count). The normalized spacial score (nSPS) is 24.2. The Morgan fingerprint density at radius 3 is 2.36 bits per heavy atom. The molecule has 0 aromatic heterocycles. The van der Waals surface area contributed by atoms with Crippen LogP contribution in [0.25, 0.3) is 0 Å². The van der Waals surface area contributed by atoms with Crippen molar-refractivity contribution in [3.63, 3.8) is 0 Å². The molecule has 192 valence electrons. The van der Waals surface area contributed by atoms with Crippen LogP contribution in [0.4, 0.5) is 14.9 Å². The molecule has 0 bridgehead atoms. The van der Waals surface area contributed by atoms with Crippen LogP contribution < -0.4 is 15.1 Å². The Morgan fingerprint density at radius 2 is 1.75 bits per heavy atom. The lowest BCUT2D eigenvalue weighted by Gasteiger charge is -2.51. The summed E-state index contributed by atoms with van der Waals surface area (Å²) >= 11 is 0. The highest BCUT2D eigenvalue weighted by molar-refractivity contribution is 5.96. The van der Waals surface area contributed by atoms with Crippen molar-refractivity contribution < 1.29 is 33.8 Å². The molecule has 2 aromatic carbocycles. The highest BCUT2D eigenvalue weighted by Crippen LogP contribution is 2.38. The summed E-state index contributed by atoms with van der Waals surface area (Å²) in [5, 5.41) is 19.5. The van der Waals surface area contributed by atoms with Gasteiger partial charge in [0, 0.05) is 44.4 Å². The molecule has 2 saturated heterocycles. The van der Waals surface area contributed by atoms with Crippen LogP contribution in [-0.2, 0) is 9.59 Å². The summed E-state index contributed by atoms with van der Waals surface area (Å²) in [6.45, 7) is 2.96. The van der Waals surface area contributed by atoms with E-state index in [4.69, 9.17) is 4.74 Å². The minimum Gasteiger partial charge on any atom is -0.488 e. The fraction of sp³-hybridized carbons (Fsp3) is 0.400. The first kappa shape index (κ1) is 25.2. The third-order valence-corrected chi connectivity index (χ3v) is 7.00. The number of carbonyl (C=O) groups excluding carboxylic acids is 2. The Morgan fingerprint density at radius 1 is 1.06 bits per heavy atom. The van der Waals surface area contributed by atoms with Gasteiger partial charge in [-0.3, -0.25) is 19.7 Å². The average Bonchev–Trinajstić information content (AvgIpc) is 2.89. The quantitative estimate of drug-likeness (QED) is 0.425. The van der Waals surface area contributed by atoms with E-state index < -0.39 is 41.3 Å². The molecule has 2 fully saturated rings. The molecular formula is C25H29FN4O6. The highest BCUT2D eigenvalue weighted by atomic mass is 19.1. The summed E-state index contributed by atoms with van der Waals surface area (Å²) in [6, 6.07) is 15.1. The molecule has 0 radical (unpaired) electrons. The van der Waals surface area contributed by atoms with Gasteiger partial charge in [-0.2, -0.15) is 0 Å². The Balaban J connectivity index is 1.56. The van der Waals surface area contributed by atoms with Gasteiger partial charge in [0.1, 0.15) is 23.2 Å². The molecule has 3 amide bonds. The summed E-state index contributed by atoms with van der Waals surface area (Å²) in [6.07, 6.45) is -2.31. The first-order chi connectivity index (χ1) is 17.2. The number of ether oxygens (including phenoxy) is 1. The van der Waals surface area contributed by atoms with Gasteiger partial charge in [-0.15, -0.1) is 0 Å². The van der Waals surface area contributed by atoms with Crippen LogP contribution in [-0.4, -0.2) is 82.4 Å². The number of hydroxylamine groups is 1. The molecule has 11 heteroatoms. The molecule has 0 saturated carbocycles. The summed E-state index contributed by atoms with van der Waals surface area (Å²) in [4.78, 5) is 43.5. The standard InChI is InChI=1S/C25H29FN4O6/c1-25(23(32)29-12-10-28(11-13-29)18-7-3-2-4-8-18)21(22(31)27-35)15-20(16-30(25)24(33)34)36-19-9-5-6-17(26)14-19/h2-9,14,20-21,35H,10-13,15-16H2,1H3,(H,27,31)(H,33,34)/t20-,21+,25-/m0/s1. The molecule has 2 aliphatic heterocycles. The van der Waals surface area contributed by atoms with E-state index in [0.29, 0.717) is 26.2 Å². The maximum atomic E-state index is 13.8. The average molecular weight is 501 g/mol. The van der Waals surface area contributed by atoms with Crippen molar-refractivity contribution in [3.8, 4) is 5.75 Å². The van der Waals surface area contributed by atoms with Crippen molar-refractivity contribution in [2.75, 3.05) is 37.6 Å². The number of para-hydroxylation sites is 1. The number of hydrogen-bond donors (Lipinski definition) is 3. The lowest BCUT2D eigenvalue weighted by molar-refractivity contribution is -0.161. The van der Waals surface area contributed by atoms with Gasteiger partial charge < -0.3 is 19.6 Å². The number of benzene rings is 2. The second-order valence-electron chi connectivity index (χ2n) is 9.12. The second kappa shape index (κ2) is 10.4. The smallest absolute Gasteiger partial charge is 0.408 e. The zero-order chi connectivity index (χ0) is 25.9. The molecule has 0 spiro atoms. The molecule has 2 heterocycles. The number of anilines is 1. The van der Waals surface area contributed by atoms with Gasteiger partial charge >= 0.3 is 6.09 Å². The lowest BCUT2D eigenvalue weighted by Crippen LogP contribution is -2.71. The van der Waals surface area contributed by atoms with Gasteiger partial charge in [0.2, 0.25) is 11.8 Å². The minimum absolute atomic E-state index is 0.0566. The van der Waals surface area contributed by atoms with E-state index in [1.165, 1.54) is 25.1 Å². The number of carboxylic acid groups (broad SMARTS) is 1. The minimum atomic E-state index is -1.78. The van der Waals surface area contributed by atoms with E-state index in [2.05, 4.69) is 4.90 Å². The van der Waals surface area contributed by atoms with Gasteiger partial charge in [0.05, 0.1) is 12.5 Å². The van der Waals surface area contributed by atoms with Crippen LogP contribution in [0.5, 0.6) is 5.75 Å². The molecule has 10 nitrogen and oxygen atoms in total. The molecule has 36 heavy (non-hydrogen) atoms. The van der Waals surface area contributed by atoms with Gasteiger partial charge in [0.15, 0.2) is 0 Å². The van der Waals surface area contributed by atoms with Crippen molar-refractivity contribution in [1.29, 1.82) is 0 Å². The largest absolute Gasteiger partial charge is 0.488 e. The summed E-state index contributed by atoms with van der Waals surface area (Å²) in [5.74, 6) is -3.02. The predicted molar refractivity (Wildman–Crippen MR) is 127 cm³/mol. The Labute approximate surface area is 207 Å². The molecule has 2 aromatic rings. The monoisotopic (exact) mass is 500 g/mol. The number of hydrogen-bond acceptors (Lipinski definition) is 6. The number of amides is 3. The highest BCUT2D eigenvalue weighted by Gasteiger charge is 2.57. The molecular weight excluding hydrogens is 471 g/mol. The van der Waals surface area contributed by atoms with Crippen molar-refractivity contribution in [2.24, 2.45) is 5.92 Å². The molecule has 3 atom stereocenters. The van der Waals surface area contributed by atoms with Gasteiger partial charge in [-0.25, -0.2) is 14.7 Å². The topological polar surface area (TPSA) is 123 Å². The van der Waals surface area contributed by atoms with Crippen LogP contribution in [0.3, 0.4) is 0 Å². The van der Waals surface area contributed by atoms with E-state index in [1.807, 2.05) is 30.3 Å². The van der Waals surface area contributed by atoms with E-state index in [1.54, 1.807) is 10.4 Å². The second-order valence-corrected chi connectivity index (χ2v) is 9.12. The van der Waals surface area contributed by atoms with Crippen molar-refractivity contribution in [1.82, 2.24) is 15.3 Å². The zero-order valence-electron chi connectivity index (χ0n) is 19.8. The van der Waals surface area contributed by atoms with Gasteiger partial charge in [-0.1, -0.05) is 24.3 Å². The number of piperidine rings is 1. The Bertz CT molecular complexity index is 1110. The number of nitrogens with one attached hydrogen (secondary N) is 1. The van der Waals surface area contributed by atoms with Crippen molar-refractivity contribution >= 4 is 23.6 Å². The zero-order valence-corrected chi connectivity index (χ0v) is 19.8. The molecule has 3 N–H and O–H groups in total. The first-order valence-corrected chi connectivity index (χ1v) is 11.7. The molecule has 0 aliphatic carbocycles. The number of carbonyl (C=O) groups is 3. The lowest BCUT2D eigenvalue weighted by atomic mass is 9.75. The maximum absolute atomic E-state index is 13.8. The third kappa shape index (κ3) is 4.92. The first-order valence-electron chi connectivity index (χ1n) is 11.7. The predicted octanol–water partition coefficient (Wildman–Crippen LogP) is 2.19. The number of rotatable bonds is 5. The van der Waals surface area contributed by atoms with Crippen LogP contribution in [0.1, 0.15) is 13.3 Å². The summed E-state index contributed by atoms with van der Waals surface area (Å²) < 4.78 is 19.4. The third-order valence-electron chi connectivity index (χ3n) is 7.00. The number of piperazine rings is 1.